The Bertz CT molecular complexity index is 237. The monoisotopic (exact) mass is 236 g/mol. The van der Waals surface area contributed by atoms with E-state index in [-0.39, 0.29) is 12.4 Å². The smallest absolute Gasteiger partial charge is 0.123 e. The predicted molar refractivity (Wildman–Crippen MR) is 58.3 cm³/mol. The van der Waals surface area contributed by atoms with Crippen LogP contribution in [0.2, 0.25) is 0 Å². The first kappa shape index (κ1) is 11.6. The summed E-state index contributed by atoms with van der Waals surface area (Å²) >= 11 is 0. The third-order valence-electron chi connectivity index (χ3n) is 3.59. The van der Waals surface area contributed by atoms with Crippen molar-refractivity contribution in [1.82, 2.24) is 10.2 Å². The molecular formula is C10H18ClFN2O. The molecule has 0 aromatic heterocycles. The lowest BCUT2D eigenvalue weighted by Gasteiger charge is -2.37. The van der Waals surface area contributed by atoms with Crippen molar-refractivity contribution in [2.75, 3.05) is 32.8 Å². The number of halogens is 2. The SMILES string of the molecule is Cl.FC1(CN2CCO[C@@H]3CNC[C@H]32)CC1. The largest absolute Gasteiger partial charge is 0.374 e. The average molecular weight is 237 g/mol. The van der Waals surface area contributed by atoms with Gasteiger partial charge >= 0.3 is 0 Å². The molecule has 0 unspecified atom stereocenters. The maximum absolute atomic E-state index is 13.6. The molecular weight excluding hydrogens is 219 g/mol. The molecule has 0 amide bonds. The highest BCUT2D eigenvalue weighted by Crippen LogP contribution is 2.41. The first-order valence-corrected chi connectivity index (χ1v) is 5.52. The Morgan fingerprint density at radius 2 is 2.20 bits per heavy atom. The molecule has 2 heterocycles. The number of nitrogens with one attached hydrogen (secondary N) is 1. The molecule has 1 saturated carbocycles. The van der Waals surface area contributed by atoms with E-state index in [2.05, 4.69) is 10.2 Å². The van der Waals surface area contributed by atoms with Gasteiger partial charge in [0.25, 0.3) is 0 Å². The van der Waals surface area contributed by atoms with E-state index in [0.29, 0.717) is 18.7 Å². The van der Waals surface area contributed by atoms with Crippen LogP contribution in [0.3, 0.4) is 0 Å². The summed E-state index contributed by atoms with van der Waals surface area (Å²) < 4.78 is 19.3. The predicted octanol–water partition coefficient (Wildman–Crippen LogP) is 0.583. The maximum Gasteiger partial charge on any atom is 0.123 e. The van der Waals surface area contributed by atoms with Gasteiger partial charge in [-0.1, -0.05) is 0 Å². The summed E-state index contributed by atoms with van der Waals surface area (Å²) in [6.45, 7) is 4.17. The molecule has 1 N–H and O–H groups in total. The Hall–Kier alpha value is 0.1000. The molecule has 0 spiro atoms. The minimum absolute atomic E-state index is 0. The minimum Gasteiger partial charge on any atom is -0.374 e. The normalized spacial score (nSPS) is 38.2. The molecule has 15 heavy (non-hydrogen) atoms. The highest BCUT2D eigenvalue weighted by Gasteiger charge is 2.47. The van der Waals surface area contributed by atoms with Crippen LogP contribution in [0.5, 0.6) is 0 Å². The van der Waals surface area contributed by atoms with E-state index < -0.39 is 5.67 Å². The molecule has 0 bridgehead atoms. The van der Waals surface area contributed by atoms with Gasteiger partial charge in [0.2, 0.25) is 0 Å². The van der Waals surface area contributed by atoms with E-state index in [1.807, 2.05) is 0 Å². The van der Waals surface area contributed by atoms with Crippen LogP contribution >= 0.6 is 12.4 Å². The Morgan fingerprint density at radius 1 is 1.40 bits per heavy atom. The van der Waals surface area contributed by atoms with E-state index in [9.17, 15) is 4.39 Å². The van der Waals surface area contributed by atoms with Crippen LogP contribution in [0.15, 0.2) is 0 Å². The van der Waals surface area contributed by atoms with E-state index in [1.165, 1.54) is 0 Å². The topological polar surface area (TPSA) is 24.5 Å². The number of hydrogen-bond acceptors (Lipinski definition) is 3. The third-order valence-corrected chi connectivity index (χ3v) is 3.59. The highest BCUT2D eigenvalue weighted by molar-refractivity contribution is 5.85. The summed E-state index contributed by atoms with van der Waals surface area (Å²) in [5.74, 6) is 0. The van der Waals surface area contributed by atoms with Gasteiger partial charge in [-0.2, -0.15) is 0 Å². The molecule has 3 aliphatic rings. The molecule has 1 aliphatic carbocycles. The molecule has 2 saturated heterocycles. The van der Waals surface area contributed by atoms with Crippen LogP contribution < -0.4 is 5.32 Å². The molecule has 3 fully saturated rings. The Morgan fingerprint density at radius 3 is 2.93 bits per heavy atom. The van der Waals surface area contributed by atoms with E-state index in [4.69, 9.17) is 4.74 Å². The molecule has 0 aromatic carbocycles. The molecule has 88 valence electrons. The highest BCUT2D eigenvalue weighted by atomic mass is 35.5. The number of ether oxygens (including phenoxy) is 1. The zero-order chi connectivity index (χ0) is 9.60. The van der Waals surface area contributed by atoms with Crippen molar-refractivity contribution in [3.8, 4) is 0 Å². The van der Waals surface area contributed by atoms with Crippen LogP contribution in [0.1, 0.15) is 12.8 Å². The van der Waals surface area contributed by atoms with Crippen molar-refractivity contribution in [2.45, 2.75) is 30.7 Å². The first-order valence-electron chi connectivity index (χ1n) is 5.52. The number of alkyl halides is 1. The zero-order valence-corrected chi connectivity index (χ0v) is 9.56. The van der Waals surface area contributed by atoms with Gasteiger partial charge in [-0.3, -0.25) is 4.90 Å². The van der Waals surface area contributed by atoms with Gasteiger partial charge in [0.15, 0.2) is 0 Å². The van der Waals surface area contributed by atoms with Crippen molar-refractivity contribution in [1.29, 1.82) is 0 Å². The third kappa shape index (κ3) is 2.28. The summed E-state index contributed by atoms with van der Waals surface area (Å²) in [5, 5.41) is 3.31. The lowest BCUT2D eigenvalue weighted by atomic mass is 10.1. The lowest BCUT2D eigenvalue weighted by molar-refractivity contribution is -0.0551. The van der Waals surface area contributed by atoms with E-state index in [1.54, 1.807) is 0 Å². The van der Waals surface area contributed by atoms with E-state index >= 15 is 0 Å². The van der Waals surface area contributed by atoms with Gasteiger partial charge in [-0.05, 0) is 12.8 Å². The summed E-state index contributed by atoms with van der Waals surface area (Å²) in [4.78, 5) is 2.28. The van der Waals surface area contributed by atoms with Crippen molar-refractivity contribution in [2.24, 2.45) is 0 Å². The average Bonchev–Trinajstić information content (AvgIpc) is 2.73. The molecule has 2 aliphatic heterocycles. The van der Waals surface area contributed by atoms with Crippen LogP contribution in [0, 0.1) is 0 Å². The van der Waals surface area contributed by atoms with Gasteiger partial charge in [-0.15, -0.1) is 12.4 Å². The second-order valence-electron chi connectivity index (χ2n) is 4.76. The molecule has 0 radical (unpaired) electrons. The number of morpholine rings is 1. The fourth-order valence-electron chi connectivity index (χ4n) is 2.52. The Labute approximate surface area is 95.7 Å². The molecule has 5 heteroatoms. The number of rotatable bonds is 2. The minimum atomic E-state index is -0.857. The van der Waals surface area contributed by atoms with Crippen LogP contribution in [-0.4, -0.2) is 55.5 Å². The molecule has 2 atom stereocenters. The Balaban J connectivity index is 0.000000853. The second-order valence-corrected chi connectivity index (χ2v) is 4.76. The summed E-state index contributed by atoms with van der Waals surface area (Å²) in [6, 6.07) is 0.414. The second kappa shape index (κ2) is 4.17. The van der Waals surface area contributed by atoms with Crippen molar-refractivity contribution in [3.63, 3.8) is 0 Å². The molecule has 0 aromatic rings. The van der Waals surface area contributed by atoms with Gasteiger partial charge in [0, 0.05) is 32.2 Å². The summed E-state index contributed by atoms with van der Waals surface area (Å²) in [7, 11) is 0. The van der Waals surface area contributed by atoms with Crippen molar-refractivity contribution < 1.29 is 9.13 Å². The molecule has 3 nitrogen and oxygen atoms in total. The van der Waals surface area contributed by atoms with Crippen LogP contribution in [-0.2, 0) is 4.74 Å². The Kier molecular flexibility index (Phi) is 3.22. The van der Waals surface area contributed by atoms with Crippen molar-refractivity contribution in [3.05, 3.63) is 0 Å². The first-order chi connectivity index (χ1) is 6.77. The standard InChI is InChI=1S/C10H17FN2O.ClH/c11-10(1-2-10)7-13-3-4-14-9-6-12-5-8(9)13;/h8-9,12H,1-7H2;1H/t8-,9-;/m1./s1. The fourth-order valence-corrected chi connectivity index (χ4v) is 2.52. The summed E-state index contributed by atoms with van der Waals surface area (Å²) in [5.41, 5.74) is -0.857. The van der Waals surface area contributed by atoms with Gasteiger partial charge in [0.1, 0.15) is 5.67 Å². The van der Waals surface area contributed by atoms with Gasteiger partial charge < -0.3 is 10.1 Å². The van der Waals surface area contributed by atoms with Crippen LogP contribution in [0.4, 0.5) is 4.39 Å². The number of nitrogens with zero attached hydrogens (tertiary/aromatic N) is 1. The zero-order valence-electron chi connectivity index (χ0n) is 8.75. The van der Waals surface area contributed by atoms with Gasteiger partial charge in [-0.25, -0.2) is 4.39 Å². The maximum atomic E-state index is 13.6. The fraction of sp³-hybridized carbons (Fsp3) is 1.00. The molecule has 3 rings (SSSR count). The summed E-state index contributed by atoms with van der Waals surface area (Å²) in [6.07, 6.45) is 1.82. The quantitative estimate of drug-likeness (QED) is 0.759. The van der Waals surface area contributed by atoms with Crippen molar-refractivity contribution >= 4 is 12.4 Å². The number of hydrogen-bond donors (Lipinski definition) is 1. The van der Waals surface area contributed by atoms with Crippen LogP contribution in [0.25, 0.3) is 0 Å². The van der Waals surface area contributed by atoms with Gasteiger partial charge in [0.05, 0.1) is 12.7 Å². The number of fused-ring (bicyclic) bond motifs is 1. The lowest BCUT2D eigenvalue weighted by Crippen LogP contribution is -2.52. The van der Waals surface area contributed by atoms with E-state index in [0.717, 1.165) is 39.1 Å².